The normalized spacial score (nSPS) is 17.9. The molecule has 19 rings (SSSR count). The fourth-order valence-electron chi connectivity index (χ4n) is 20.2. The van der Waals surface area contributed by atoms with Crippen LogP contribution in [0, 0.1) is 11.8 Å². The summed E-state index contributed by atoms with van der Waals surface area (Å²) in [7, 11) is 0. The predicted molar refractivity (Wildman–Crippen MR) is 573 cm³/mol. The third-order valence-electron chi connectivity index (χ3n) is 27.9. The number of fused-ring (bicyclic) bond motifs is 6. The first-order valence-corrected chi connectivity index (χ1v) is 52.2. The molecule has 3 fully saturated rings. The van der Waals surface area contributed by atoms with Crippen LogP contribution in [-0.4, -0.2) is 151 Å². The monoisotopic (exact) mass is 2020 g/mol. The van der Waals surface area contributed by atoms with E-state index in [1.54, 1.807) is 109 Å². The van der Waals surface area contributed by atoms with Crippen molar-refractivity contribution in [1.82, 2.24) is 26.6 Å². The number of rotatable bonds is 28. The molecular weight excluding hydrogens is 1890 g/mol. The Kier molecular flexibility index (Phi) is 37.9. The molecule has 10 aromatic rings. The second-order valence-electron chi connectivity index (χ2n) is 38.4. The maximum absolute atomic E-state index is 14.4. The lowest BCUT2D eigenvalue weighted by Crippen LogP contribution is -2.59. The van der Waals surface area contributed by atoms with Crippen LogP contribution in [0.1, 0.15) is 213 Å². The molecule has 10 N–H and O–H groups in total. The van der Waals surface area contributed by atoms with E-state index in [1.807, 2.05) is 172 Å². The van der Waals surface area contributed by atoms with Crippen LogP contribution in [0.4, 0.5) is 56.9 Å². The maximum Gasteiger partial charge on any atom is 0.259 e. The lowest BCUT2D eigenvalue weighted by atomic mass is 9.86. The molecular formula is C117H131N15O17. The molecule has 32 nitrogen and oxygen atoms in total. The van der Waals surface area contributed by atoms with Gasteiger partial charge in [0, 0.05) is 57.0 Å². The molecule has 9 aliphatic rings. The Morgan fingerprint density at radius 3 is 1.05 bits per heavy atom. The predicted octanol–water partition coefficient (Wildman–Crippen LogP) is 16.7. The van der Waals surface area contributed by atoms with E-state index in [-0.39, 0.29) is 55.3 Å². The van der Waals surface area contributed by atoms with Crippen molar-refractivity contribution in [2.45, 2.75) is 230 Å². The SMILES string of the molecule is CCCCNC(=O)C1C(=O)Nc2ccccc2N1C(=O)CC1CCCCC1.CCCCNC(=O)C1C(=O)Nc2ccccc2N1C(=O)CCc1ccccc1.CCCCNC(=O)C1C(=O)Nc2ccccc2N1C(=O)c1ccc2c(c1)OCO2.O=C(NCc1ccccc1)C1C(=O)Nc2ccccc2N1C(=O)C(c1ccccc1)c1ccccc1.O=C1Nc2ccccc2N(C(=O)CC2CCCCC2)C1C(=O)NC1CCCCC1. The first kappa shape index (κ1) is 107. The highest BCUT2D eigenvalue weighted by atomic mass is 16.7. The summed E-state index contributed by atoms with van der Waals surface area (Å²) in [6, 6.07) is 72.1. The molecule has 0 spiro atoms. The Balaban J connectivity index is 0.000000140. The molecule has 0 saturated heterocycles. The van der Waals surface area contributed by atoms with E-state index in [4.69, 9.17) is 9.47 Å². The number of anilines is 10. The second-order valence-corrected chi connectivity index (χ2v) is 38.4. The van der Waals surface area contributed by atoms with Crippen molar-refractivity contribution < 1.29 is 81.4 Å². The van der Waals surface area contributed by atoms with Crippen LogP contribution in [-0.2, 0) is 80.1 Å². The minimum Gasteiger partial charge on any atom is -0.454 e. The number of aryl methyl sites for hydroxylation is 1. The number of hydrogen-bond donors (Lipinski definition) is 10. The van der Waals surface area contributed by atoms with Crippen molar-refractivity contribution in [3.63, 3.8) is 0 Å². The van der Waals surface area contributed by atoms with E-state index >= 15 is 0 Å². The number of amides is 15. The molecule has 32 heteroatoms. The van der Waals surface area contributed by atoms with E-state index in [1.165, 1.54) is 43.8 Å². The third kappa shape index (κ3) is 27.0. The molecule has 0 radical (unpaired) electrons. The van der Waals surface area contributed by atoms with Gasteiger partial charge in [-0.2, -0.15) is 0 Å². The van der Waals surface area contributed by atoms with Gasteiger partial charge in [0.2, 0.25) is 30.4 Å². The zero-order valence-corrected chi connectivity index (χ0v) is 84.4. The van der Waals surface area contributed by atoms with Crippen molar-refractivity contribution in [1.29, 1.82) is 0 Å². The van der Waals surface area contributed by atoms with Gasteiger partial charge in [-0.25, -0.2) is 0 Å². The highest BCUT2D eigenvalue weighted by Crippen LogP contribution is 2.43. The van der Waals surface area contributed by atoms with E-state index in [2.05, 4.69) is 53.2 Å². The Morgan fingerprint density at radius 2 is 0.651 bits per heavy atom. The molecule has 3 aliphatic carbocycles. The second kappa shape index (κ2) is 52.8. The highest BCUT2D eigenvalue weighted by molar-refractivity contribution is 6.27. The first-order valence-electron chi connectivity index (χ1n) is 52.2. The zero-order valence-electron chi connectivity index (χ0n) is 84.4. The number of hydrogen-bond acceptors (Lipinski definition) is 17. The summed E-state index contributed by atoms with van der Waals surface area (Å²) < 4.78 is 10.6. The number of ether oxygens (including phenoxy) is 2. The van der Waals surface area contributed by atoms with Crippen LogP contribution in [0.2, 0.25) is 0 Å². The number of unbranched alkanes of at least 4 members (excludes halogenated alkanes) is 3. The van der Waals surface area contributed by atoms with Gasteiger partial charge in [0.25, 0.3) is 65.0 Å². The maximum atomic E-state index is 14.4. The average Bonchev–Trinajstić information content (AvgIpc) is 0.898. The molecule has 776 valence electrons. The Bertz CT molecular complexity index is 6380. The van der Waals surface area contributed by atoms with E-state index in [9.17, 15) is 71.9 Å². The third-order valence-corrected chi connectivity index (χ3v) is 27.9. The summed E-state index contributed by atoms with van der Waals surface area (Å²) in [5.74, 6) is -5.07. The summed E-state index contributed by atoms with van der Waals surface area (Å²) in [6.45, 7) is 7.82. The van der Waals surface area contributed by atoms with E-state index < -0.39 is 95.2 Å². The van der Waals surface area contributed by atoms with Crippen molar-refractivity contribution in [2.75, 3.05) is 77.5 Å². The molecule has 0 bridgehead atoms. The molecule has 0 aromatic heterocycles. The largest absolute Gasteiger partial charge is 0.454 e. The smallest absolute Gasteiger partial charge is 0.259 e. The summed E-state index contributed by atoms with van der Waals surface area (Å²) in [5, 5.41) is 28.1. The van der Waals surface area contributed by atoms with E-state index in [0.717, 1.165) is 138 Å². The van der Waals surface area contributed by atoms with Crippen LogP contribution in [0.5, 0.6) is 11.5 Å². The van der Waals surface area contributed by atoms with Crippen LogP contribution in [0.25, 0.3) is 0 Å². The topological polar surface area (TPSA) is 411 Å². The molecule has 5 atom stereocenters. The quantitative estimate of drug-likeness (QED) is 0.0161. The first-order chi connectivity index (χ1) is 72.6. The number of para-hydroxylation sites is 10. The minimum absolute atomic E-state index is 0.0877. The minimum atomic E-state index is -1.36. The van der Waals surface area contributed by atoms with Crippen molar-refractivity contribution in [2.24, 2.45) is 11.8 Å². The number of nitrogens with zero attached hydrogens (tertiary/aromatic N) is 5. The molecule has 15 amide bonds. The Morgan fingerprint density at radius 1 is 0.329 bits per heavy atom. The lowest BCUT2D eigenvalue weighted by Gasteiger charge is -2.37. The molecule has 3 saturated carbocycles. The highest BCUT2D eigenvalue weighted by Gasteiger charge is 2.49. The molecule has 149 heavy (non-hydrogen) atoms. The molecule has 6 aliphatic heterocycles. The van der Waals surface area contributed by atoms with Crippen molar-refractivity contribution in [3.05, 3.63) is 289 Å². The number of benzene rings is 10. The van der Waals surface area contributed by atoms with Crippen LogP contribution in [0.15, 0.2) is 261 Å². The summed E-state index contributed by atoms with van der Waals surface area (Å²) in [6.07, 6.45) is 23.3. The fourth-order valence-corrected chi connectivity index (χ4v) is 20.2. The van der Waals surface area contributed by atoms with Crippen LogP contribution in [0.3, 0.4) is 0 Å². The average molecular weight is 2020 g/mol. The van der Waals surface area contributed by atoms with Gasteiger partial charge in [-0.1, -0.05) is 280 Å². The summed E-state index contributed by atoms with van der Waals surface area (Å²) in [5.41, 5.74) is 9.19. The summed E-state index contributed by atoms with van der Waals surface area (Å²) >= 11 is 0. The molecule has 10 aromatic carbocycles. The Labute approximate surface area is 868 Å². The Hall–Kier alpha value is -16.2. The zero-order chi connectivity index (χ0) is 105. The fraction of sp³-hybridized carbons (Fsp3) is 0.359. The van der Waals surface area contributed by atoms with Crippen molar-refractivity contribution >= 4 is 145 Å². The number of carbonyl (C=O) groups is 15. The van der Waals surface area contributed by atoms with Gasteiger partial charge in [-0.3, -0.25) is 96.4 Å². The molecule has 5 unspecified atom stereocenters. The number of carbonyl (C=O) groups excluding carboxylic acids is 15. The van der Waals surface area contributed by atoms with Gasteiger partial charge < -0.3 is 62.6 Å². The van der Waals surface area contributed by atoms with Gasteiger partial charge in [0.15, 0.2) is 41.7 Å². The van der Waals surface area contributed by atoms with Gasteiger partial charge in [0.1, 0.15) is 0 Å². The van der Waals surface area contributed by atoms with Gasteiger partial charge in [0.05, 0.1) is 62.8 Å². The van der Waals surface area contributed by atoms with Gasteiger partial charge >= 0.3 is 0 Å². The van der Waals surface area contributed by atoms with Gasteiger partial charge in [-0.05, 0) is 177 Å². The molecule has 6 heterocycles. The summed E-state index contributed by atoms with van der Waals surface area (Å²) in [4.78, 5) is 203. The van der Waals surface area contributed by atoms with Crippen molar-refractivity contribution in [3.8, 4) is 11.5 Å². The van der Waals surface area contributed by atoms with Crippen LogP contribution < -0.4 is 87.1 Å². The van der Waals surface area contributed by atoms with Crippen LogP contribution >= 0.6 is 0 Å². The lowest BCUT2D eigenvalue weighted by molar-refractivity contribution is -0.133. The number of nitrogens with one attached hydrogen (secondary N) is 10. The standard InChI is InChI=1S/C30H25N3O3.C23H31N3O3.C22H25N3O3.C21H21N3O5.C21H29N3O3/c34-28(31-20-21-12-4-1-5-13-21)27-29(35)32-24-18-10-11-19-25(24)33(27)30(36)26(22-14-6-2-7-15-22)23-16-8-3-9-17-23;27-20(15-16-9-3-1-4-10-16)26-19-14-8-7-13-18(19)25-23(29)21(26)22(28)24-17-11-5-2-6-12-17;1-2-3-15-23-21(27)20-22(28)24-17-11-7-8-12-18(17)25(20)19(26)14-13-16-9-5-4-6-10-16;1-2-3-10-22-19(25)18-20(26)23-14-6-4-5-7-15(14)24(18)21(27)13-8-9-16-17(11-13)29-12-28-16;1-2-3-13-22-20(26)19-21(27)23-16-11-7-8-12-17(16)24(19)18(25)14-15-9-5-4-6-10-15/h1-19,26-27H,20H2,(H,31,34)(H,32,35);7-8,13-14,16-17,21H,1-6,9-12,15H2,(H,24,28)(H,25,29);4-12,20H,2-3,13-15H2,1H3,(H,23,27)(H,24,28);4-9,11,18H,2-3,10,12H2,1H3,(H,22,25)(H,23,26);7-8,11-12,15,19H,2-6,9-10,13-14H2,1H3,(H,22,26)(H,23,27). The van der Waals surface area contributed by atoms with E-state index in [0.29, 0.717) is 125 Å². The van der Waals surface area contributed by atoms with Gasteiger partial charge in [-0.15, -0.1) is 0 Å².